The van der Waals surface area contributed by atoms with Crippen LogP contribution in [0.25, 0.3) is 0 Å². The maximum atomic E-state index is 11.9. The van der Waals surface area contributed by atoms with E-state index in [-0.39, 0.29) is 37.0 Å². The molecule has 0 aromatic heterocycles. The van der Waals surface area contributed by atoms with Gasteiger partial charge in [-0.25, -0.2) is 0 Å². The van der Waals surface area contributed by atoms with Crippen molar-refractivity contribution >= 4 is 17.9 Å². The van der Waals surface area contributed by atoms with Gasteiger partial charge in [-0.2, -0.15) is 0 Å². The van der Waals surface area contributed by atoms with E-state index in [9.17, 15) is 14.4 Å². The molecule has 0 amide bonds. The number of esters is 2. The van der Waals surface area contributed by atoms with Crippen LogP contribution in [0.1, 0.15) is 52.9 Å². The predicted molar refractivity (Wildman–Crippen MR) is 79.1 cm³/mol. The van der Waals surface area contributed by atoms with Crippen LogP contribution in [0.3, 0.4) is 0 Å². The number of hydrogen-bond acceptors (Lipinski definition) is 5. The smallest absolute Gasteiger partial charge is 0.311 e. The number of carboxylic acid groups (broad SMARTS) is 1. The summed E-state index contributed by atoms with van der Waals surface area (Å²) in [6.45, 7) is 5.63. The Hall–Kier alpha value is -1.59. The fourth-order valence-corrected chi connectivity index (χ4v) is 2.31. The van der Waals surface area contributed by atoms with Crippen LogP contribution in [-0.4, -0.2) is 36.2 Å². The Morgan fingerprint density at radius 1 is 1.00 bits per heavy atom. The monoisotopic (exact) mass is 314 g/mol. The molecule has 1 aliphatic rings. The van der Waals surface area contributed by atoms with Gasteiger partial charge in [-0.3, -0.25) is 14.4 Å². The molecule has 0 bridgehead atoms. The van der Waals surface area contributed by atoms with Crippen molar-refractivity contribution in [3.63, 3.8) is 0 Å². The second-order valence-corrected chi connectivity index (χ2v) is 6.43. The number of aliphatic carboxylic acids is 1. The molecule has 1 saturated carbocycles. The van der Waals surface area contributed by atoms with E-state index < -0.39 is 11.4 Å². The van der Waals surface area contributed by atoms with Gasteiger partial charge >= 0.3 is 17.9 Å². The van der Waals surface area contributed by atoms with Gasteiger partial charge in [-0.05, 0) is 46.0 Å². The van der Waals surface area contributed by atoms with Crippen LogP contribution in [0.2, 0.25) is 0 Å². The van der Waals surface area contributed by atoms with Gasteiger partial charge < -0.3 is 14.6 Å². The highest BCUT2D eigenvalue weighted by molar-refractivity contribution is 5.76. The zero-order valence-corrected chi connectivity index (χ0v) is 13.6. The van der Waals surface area contributed by atoms with Gasteiger partial charge in [0.25, 0.3) is 0 Å². The normalized spacial score (nSPS) is 22.0. The molecule has 0 aromatic rings. The van der Waals surface area contributed by atoms with Crippen LogP contribution in [0, 0.1) is 17.3 Å². The summed E-state index contributed by atoms with van der Waals surface area (Å²) in [5, 5.41) is 8.91. The maximum Gasteiger partial charge on any atom is 0.311 e. The van der Waals surface area contributed by atoms with Gasteiger partial charge in [0, 0.05) is 0 Å². The molecule has 1 rings (SSSR count). The Morgan fingerprint density at radius 3 is 2.00 bits per heavy atom. The fraction of sp³-hybridized carbons (Fsp3) is 0.812. The van der Waals surface area contributed by atoms with E-state index in [0.29, 0.717) is 32.1 Å². The van der Waals surface area contributed by atoms with Crippen LogP contribution in [0.5, 0.6) is 0 Å². The topological polar surface area (TPSA) is 89.9 Å². The molecule has 0 saturated heterocycles. The van der Waals surface area contributed by atoms with E-state index in [4.69, 9.17) is 14.6 Å². The maximum absolute atomic E-state index is 11.9. The molecule has 0 aromatic carbocycles. The van der Waals surface area contributed by atoms with Gasteiger partial charge in [0.1, 0.15) is 13.2 Å². The molecular formula is C16H26O6. The van der Waals surface area contributed by atoms with Gasteiger partial charge in [-0.1, -0.05) is 6.92 Å². The number of ether oxygens (including phenoxy) is 2. The molecule has 0 heterocycles. The lowest BCUT2D eigenvalue weighted by Gasteiger charge is -2.24. The van der Waals surface area contributed by atoms with E-state index in [1.54, 1.807) is 0 Å². The van der Waals surface area contributed by atoms with Crippen molar-refractivity contribution in [2.75, 3.05) is 13.2 Å². The molecule has 0 spiro atoms. The van der Waals surface area contributed by atoms with Crippen molar-refractivity contribution < 1.29 is 29.0 Å². The first-order chi connectivity index (χ1) is 10.3. The SMILES string of the molecule is CCC(C)(C)C(=O)OCCOC(=O)C1CCC(C(=O)O)CC1. The highest BCUT2D eigenvalue weighted by Gasteiger charge is 2.31. The minimum absolute atomic E-state index is 0.0449. The third kappa shape index (κ3) is 5.31. The molecule has 0 radical (unpaired) electrons. The summed E-state index contributed by atoms with van der Waals surface area (Å²) in [5.74, 6) is -2.00. The van der Waals surface area contributed by atoms with Crippen molar-refractivity contribution in [2.45, 2.75) is 52.9 Å². The van der Waals surface area contributed by atoms with E-state index in [2.05, 4.69) is 0 Å². The number of hydrogen-bond donors (Lipinski definition) is 1. The van der Waals surface area contributed by atoms with E-state index in [1.807, 2.05) is 20.8 Å². The van der Waals surface area contributed by atoms with Gasteiger partial charge in [0.15, 0.2) is 0 Å². The molecule has 6 heteroatoms. The lowest BCUT2D eigenvalue weighted by molar-refractivity contribution is -0.161. The van der Waals surface area contributed by atoms with Crippen molar-refractivity contribution in [3.05, 3.63) is 0 Å². The fourth-order valence-electron chi connectivity index (χ4n) is 2.31. The van der Waals surface area contributed by atoms with Crippen LogP contribution in [0.15, 0.2) is 0 Å². The van der Waals surface area contributed by atoms with Crippen LogP contribution < -0.4 is 0 Å². The number of carbonyl (C=O) groups excluding carboxylic acids is 2. The molecule has 1 aliphatic carbocycles. The molecule has 6 nitrogen and oxygen atoms in total. The number of carboxylic acids is 1. The molecule has 1 N–H and O–H groups in total. The first kappa shape index (κ1) is 18.5. The minimum Gasteiger partial charge on any atom is -0.481 e. The summed E-state index contributed by atoms with van der Waals surface area (Å²) in [5.41, 5.74) is -0.529. The average Bonchev–Trinajstić information content (AvgIpc) is 2.51. The van der Waals surface area contributed by atoms with Crippen molar-refractivity contribution in [2.24, 2.45) is 17.3 Å². The third-order valence-corrected chi connectivity index (χ3v) is 4.41. The molecule has 126 valence electrons. The Bertz CT molecular complexity index is 407. The molecule has 0 aliphatic heterocycles. The van der Waals surface area contributed by atoms with Crippen molar-refractivity contribution in [3.8, 4) is 0 Å². The molecule has 22 heavy (non-hydrogen) atoms. The third-order valence-electron chi connectivity index (χ3n) is 4.41. The van der Waals surface area contributed by atoms with Gasteiger partial charge in [0.05, 0.1) is 17.3 Å². The highest BCUT2D eigenvalue weighted by atomic mass is 16.6. The lowest BCUT2D eigenvalue weighted by Crippen LogP contribution is -2.29. The standard InChI is InChI=1S/C16H26O6/c1-4-16(2,3)15(20)22-10-9-21-14(19)12-7-5-11(6-8-12)13(17)18/h11-12H,4-10H2,1-3H3,(H,17,18). The summed E-state index contributed by atoms with van der Waals surface area (Å²) in [4.78, 5) is 34.4. The average molecular weight is 314 g/mol. The number of rotatable bonds is 7. The summed E-state index contributed by atoms with van der Waals surface area (Å²) >= 11 is 0. The van der Waals surface area contributed by atoms with Crippen molar-refractivity contribution in [1.29, 1.82) is 0 Å². The van der Waals surface area contributed by atoms with Gasteiger partial charge in [0.2, 0.25) is 0 Å². The summed E-state index contributed by atoms with van der Waals surface area (Å²) < 4.78 is 10.2. The predicted octanol–water partition coefficient (Wildman–Crippen LogP) is 2.40. The second-order valence-electron chi connectivity index (χ2n) is 6.43. The molecule has 1 fully saturated rings. The van der Waals surface area contributed by atoms with Crippen molar-refractivity contribution in [1.82, 2.24) is 0 Å². The summed E-state index contributed by atoms with van der Waals surface area (Å²) in [6, 6.07) is 0. The first-order valence-corrected chi connectivity index (χ1v) is 7.84. The second kappa shape index (κ2) is 8.15. The molecule has 0 atom stereocenters. The lowest BCUT2D eigenvalue weighted by atomic mass is 9.82. The Labute approximate surface area is 131 Å². The highest BCUT2D eigenvalue weighted by Crippen LogP contribution is 2.29. The Balaban J connectivity index is 2.22. The van der Waals surface area contributed by atoms with Crippen LogP contribution >= 0.6 is 0 Å². The quantitative estimate of drug-likeness (QED) is 0.573. The molecular weight excluding hydrogens is 288 g/mol. The Kier molecular flexibility index (Phi) is 6.84. The van der Waals surface area contributed by atoms with Crippen LogP contribution in [-0.2, 0) is 23.9 Å². The minimum atomic E-state index is -0.794. The summed E-state index contributed by atoms with van der Waals surface area (Å²) in [6.07, 6.45) is 2.78. The van der Waals surface area contributed by atoms with E-state index in [0.717, 1.165) is 0 Å². The van der Waals surface area contributed by atoms with E-state index in [1.165, 1.54) is 0 Å². The molecule has 0 unspecified atom stereocenters. The first-order valence-electron chi connectivity index (χ1n) is 7.84. The largest absolute Gasteiger partial charge is 0.481 e. The summed E-state index contributed by atoms with van der Waals surface area (Å²) in [7, 11) is 0. The van der Waals surface area contributed by atoms with Gasteiger partial charge in [-0.15, -0.1) is 0 Å². The van der Waals surface area contributed by atoms with E-state index >= 15 is 0 Å². The zero-order chi connectivity index (χ0) is 16.8. The Morgan fingerprint density at radius 2 is 1.50 bits per heavy atom. The van der Waals surface area contributed by atoms with Crippen LogP contribution in [0.4, 0.5) is 0 Å². The zero-order valence-electron chi connectivity index (χ0n) is 13.6. The number of carbonyl (C=O) groups is 3.